The highest BCUT2D eigenvalue weighted by Gasteiger charge is 2.20. The molecule has 2 aromatic carbocycles. The zero-order valence-corrected chi connectivity index (χ0v) is 19.3. The van der Waals surface area contributed by atoms with E-state index in [2.05, 4.69) is 9.80 Å². The van der Waals surface area contributed by atoms with Crippen molar-refractivity contribution in [3.63, 3.8) is 0 Å². The van der Waals surface area contributed by atoms with Gasteiger partial charge in [0, 0.05) is 37.3 Å². The van der Waals surface area contributed by atoms with E-state index in [9.17, 15) is 5.11 Å². The van der Waals surface area contributed by atoms with Crippen molar-refractivity contribution in [3.8, 4) is 5.75 Å². The van der Waals surface area contributed by atoms with Crippen molar-refractivity contribution in [3.05, 3.63) is 51.5 Å². The van der Waals surface area contributed by atoms with Crippen LogP contribution in [0.5, 0.6) is 5.75 Å². The number of halogens is 3. The number of thiazole rings is 1. The highest BCUT2D eigenvalue weighted by atomic mass is 35.5. The third-order valence-electron chi connectivity index (χ3n) is 5.00. The van der Waals surface area contributed by atoms with E-state index in [-0.39, 0.29) is 6.61 Å². The first kappa shape index (κ1) is 21.9. The number of hydrogen-bond acceptors (Lipinski definition) is 6. The van der Waals surface area contributed by atoms with Crippen LogP contribution in [-0.2, 0) is 0 Å². The van der Waals surface area contributed by atoms with Crippen LogP contribution in [0.15, 0.2) is 36.4 Å². The first-order valence-electron chi connectivity index (χ1n) is 9.77. The van der Waals surface area contributed by atoms with Crippen molar-refractivity contribution in [2.75, 3.05) is 44.2 Å². The number of hydrogen-bond donors (Lipinski definition) is 1. The molecule has 1 aromatic heterocycles. The van der Waals surface area contributed by atoms with Crippen molar-refractivity contribution in [2.45, 2.75) is 12.5 Å². The standard InChI is InChI=1S/C21H22Cl3N3O2S/c22-14-2-5-19-20(10-14)30-21(25-19)27-7-1-6-26(8-9-27)12-15(28)13-29-16-3-4-17(23)18(24)11-16/h2-5,10-11,15,28H,1,6-9,12-13H2/t15-/m1/s1. The second-order valence-electron chi connectivity index (χ2n) is 7.29. The molecule has 2 heterocycles. The minimum absolute atomic E-state index is 0.205. The number of ether oxygens (including phenoxy) is 1. The fourth-order valence-electron chi connectivity index (χ4n) is 3.48. The monoisotopic (exact) mass is 485 g/mol. The van der Waals surface area contributed by atoms with E-state index in [0.717, 1.165) is 53.0 Å². The van der Waals surface area contributed by atoms with Crippen LogP contribution in [-0.4, -0.2) is 60.4 Å². The van der Waals surface area contributed by atoms with Gasteiger partial charge >= 0.3 is 0 Å². The van der Waals surface area contributed by atoms with Crippen molar-refractivity contribution < 1.29 is 9.84 Å². The van der Waals surface area contributed by atoms with Crippen molar-refractivity contribution >= 4 is 61.5 Å². The van der Waals surface area contributed by atoms with Crippen LogP contribution in [0.25, 0.3) is 10.2 Å². The smallest absolute Gasteiger partial charge is 0.186 e. The molecule has 1 atom stereocenters. The molecule has 1 N–H and O–H groups in total. The van der Waals surface area contributed by atoms with Gasteiger partial charge in [0.2, 0.25) is 0 Å². The van der Waals surface area contributed by atoms with Crippen LogP contribution in [0.3, 0.4) is 0 Å². The zero-order valence-electron chi connectivity index (χ0n) is 16.2. The van der Waals surface area contributed by atoms with Gasteiger partial charge in [-0.1, -0.05) is 46.1 Å². The van der Waals surface area contributed by atoms with E-state index < -0.39 is 6.10 Å². The van der Waals surface area contributed by atoms with Gasteiger partial charge in [-0.2, -0.15) is 0 Å². The van der Waals surface area contributed by atoms with Crippen LogP contribution in [0.4, 0.5) is 5.13 Å². The predicted octanol–water partition coefficient (Wildman–Crippen LogP) is 5.21. The van der Waals surface area contributed by atoms with E-state index in [1.165, 1.54) is 0 Å². The number of aromatic nitrogens is 1. The van der Waals surface area contributed by atoms with E-state index in [1.807, 2.05) is 18.2 Å². The molecule has 0 bridgehead atoms. The molecule has 0 spiro atoms. The molecule has 0 aliphatic carbocycles. The van der Waals surface area contributed by atoms with E-state index >= 15 is 0 Å². The Kier molecular flexibility index (Phi) is 7.24. The Balaban J connectivity index is 1.29. The van der Waals surface area contributed by atoms with Crippen LogP contribution < -0.4 is 9.64 Å². The highest BCUT2D eigenvalue weighted by Crippen LogP contribution is 2.31. The molecule has 30 heavy (non-hydrogen) atoms. The normalized spacial score (nSPS) is 16.6. The third-order valence-corrected chi connectivity index (χ3v) is 7.05. The summed E-state index contributed by atoms with van der Waals surface area (Å²) in [7, 11) is 0. The van der Waals surface area contributed by atoms with Crippen molar-refractivity contribution in [1.82, 2.24) is 9.88 Å². The predicted molar refractivity (Wildman–Crippen MR) is 126 cm³/mol. The van der Waals surface area contributed by atoms with Gasteiger partial charge in [0.05, 0.1) is 20.3 Å². The summed E-state index contributed by atoms with van der Waals surface area (Å²) in [5, 5.41) is 13.1. The Labute approximate surface area is 194 Å². The number of β-amino-alcohol motifs (C(OH)–C–C–N with tert-alkyl or cyclic N) is 1. The Hall–Kier alpha value is -1.28. The van der Waals surface area contributed by atoms with Gasteiger partial charge in [0.25, 0.3) is 0 Å². The SMILES string of the molecule is O[C@@H](COc1ccc(Cl)c(Cl)c1)CN1CCCN(c2nc3ccc(Cl)cc3s2)CC1. The number of benzene rings is 2. The summed E-state index contributed by atoms with van der Waals surface area (Å²) in [5.41, 5.74) is 0.982. The maximum atomic E-state index is 10.4. The molecule has 9 heteroatoms. The quantitative estimate of drug-likeness (QED) is 0.518. The van der Waals surface area contributed by atoms with Gasteiger partial charge in [-0.15, -0.1) is 0 Å². The lowest BCUT2D eigenvalue weighted by Crippen LogP contribution is -2.38. The van der Waals surface area contributed by atoms with Crippen molar-refractivity contribution in [1.29, 1.82) is 0 Å². The largest absolute Gasteiger partial charge is 0.491 e. The maximum Gasteiger partial charge on any atom is 0.186 e. The Morgan fingerprint density at radius 1 is 1.03 bits per heavy atom. The summed E-state index contributed by atoms with van der Waals surface area (Å²) >= 11 is 19.7. The molecule has 160 valence electrons. The zero-order chi connectivity index (χ0) is 21.1. The first-order valence-corrected chi connectivity index (χ1v) is 11.7. The highest BCUT2D eigenvalue weighted by molar-refractivity contribution is 7.22. The number of fused-ring (bicyclic) bond motifs is 1. The second-order valence-corrected chi connectivity index (χ2v) is 9.55. The molecular weight excluding hydrogens is 465 g/mol. The Morgan fingerprint density at radius 2 is 1.90 bits per heavy atom. The number of aliphatic hydroxyl groups is 1. The molecular formula is C21H22Cl3N3O2S. The van der Waals surface area contributed by atoms with Gasteiger partial charge < -0.3 is 14.7 Å². The van der Waals surface area contributed by atoms with Gasteiger partial charge in [-0.05, 0) is 43.3 Å². The summed E-state index contributed by atoms with van der Waals surface area (Å²) in [4.78, 5) is 9.35. The summed E-state index contributed by atoms with van der Waals surface area (Å²) in [5.74, 6) is 0.599. The third kappa shape index (κ3) is 5.49. The van der Waals surface area contributed by atoms with Gasteiger partial charge in [0.15, 0.2) is 5.13 Å². The average Bonchev–Trinajstić information content (AvgIpc) is 3.00. The molecule has 4 rings (SSSR count). The summed E-state index contributed by atoms with van der Waals surface area (Å²) in [6.07, 6.45) is 0.424. The van der Waals surface area contributed by atoms with Gasteiger partial charge in [0.1, 0.15) is 18.5 Å². The lowest BCUT2D eigenvalue weighted by Gasteiger charge is -2.24. The topological polar surface area (TPSA) is 48.8 Å². The minimum atomic E-state index is -0.587. The average molecular weight is 487 g/mol. The van der Waals surface area contributed by atoms with E-state index in [4.69, 9.17) is 44.5 Å². The van der Waals surface area contributed by atoms with Crippen LogP contribution in [0, 0.1) is 0 Å². The molecule has 1 fully saturated rings. The summed E-state index contributed by atoms with van der Waals surface area (Å²) < 4.78 is 6.77. The summed E-state index contributed by atoms with van der Waals surface area (Å²) in [6, 6.07) is 10.9. The maximum absolute atomic E-state index is 10.4. The van der Waals surface area contributed by atoms with Crippen LogP contribution >= 0.6 is 46.1 Å². The fraction of sp³-hybridized carbons (Fsp3) is 0.381. The van der Waals surface area contributed by atoms with Crippen molar-refractivity contribution in [2.24, 2.45) is 0 Å². The lowest BCUT2D eigenvalue weighted by atomic mass is 10.3. The van der Waals surface area contributed by atoms with E-state index in [1.54, 1.807) is 29.5 Å². The number of anilines is 1. The lowest BCUT2D eigenvalue weighted by molar-refractivity contribution is 0.0705. The summed E-state index contributed by atoms with van der Waals surface area (Å²) in [6.45, 7) is 4.37. The molecule has 0 saturated carbocycles. The molecule has 1 aliphatic rings. The molecule has 1 saturated heterocycles. The molecule has 0 unspecified atom stereocenters. The molecule has 3 aromatic rings. The Bertz CT molecular complexity index is 1020. The number of rotatable bonds is 6. The molecule has 0 amide bonds. The Morgan fingerprint density at radius 3 is 2.73 bits per heavy atom. The van der Waals surface area contributed by atoms with Gasteiger partial charge in [-0.25, -0.2) is 4.98 Å². The van der Waals surface area contributed by atoms with E-state index in [0.29, 0.717) is 22.3 Å². The first-order chi connectivity index (χ1) is 14.5. The molecule has 1 aliphatic heterocycles. The number of nitrogens with zero attached hydrogens (tertiary/aromatic N) is 3. The second kappa shape index (κ2) is 9.90. The van der Waals surface area contributed by atoms with Crippen LogP contribution in [0.1, 0.15) is 6.42 Å². The molecule has 0 radical (unpaired) electrons. The molecule has 5 nitrogen and oxygen atoms in total. The minimum Gasteiger partial charge on any atom is -0.491 e. The van der Waals surface area contributed by atoms with Crippen LogP contribution in [0.2, 0.25) is 15.1 Å². The fourth-order valence-corrected chi connectivity index (χ4v) is 5.06. The van der Waals surface area contributed by atoms with Gasteiger partial charge in [-0.3, -0.25) is 4.90 Å². The number of aliphatic hydroxyl groups excluding tert-OH is 1.